The lowest BCUT2D eigenvalue weighted by Crippen LogP contribution is -2.25. The van der Waals surface area contributed by atoms with Gasteiger partial charge in [0.1, 0.15) is 10.7 Å². The van der Waals surface area contributed by atoms with Crippen molar-refractivity contribution in [1.29, 1.82) is 0 Å². The van der Waals surface area contributed by atoms with E-state index in [9.17, 15) is 22.4 Å². The molecular formula is C18H17FN2O4S. The normalized spacial score (nSPS) is 11.0. The van der Waals surface area contributed by atoms with Crippen LogP contribution in [0.25, 0.3) is 0 Å². The number of Topliss-reactive ketones (excluding diaryl/α,β-unsaturated/α-hetero) is 1. The summed E-state index contributed by atoms with van der Waals surface area (Å²) in [5.74, 6) is -1.77. The second kappa shape index (κ2) is 8.03. The molecule has 1 amide bonds. The van der Waals surface area contributed by atoms with Gasteiger partial charge in [0, 0.05) is 23.4 Å². The summed E-state index contributed by atoms with van der Waals surface area (Å²) in [7, 11) is -4.12. The summed E-state index contributed by atoms with van der Waals surface area (Å²) >= 11 is 0. The van der Waals surface area contributed by atoms with E-state index in [1.54, 1.807) is 18.2 Å². The summed E-state index contributed by atoms with van der Waals surface area (Å²) in [5.41, 5.74) is 0.735. The highest BCUT2D eigenvalue weighted by atomic mass is 32.2. The van der Waals surface area contributed by atoms with Crippen LogP contribution in [0.3, 0.4) is 0 Å². The summed E-state index contributed by atoms with van der Waals surface area (Å²) in [5, 5.41) is 2.55. The van der Waals surface area contributed by atoms with Crippen molar-refractivity contribution < 1.29 is 22.4 Å². The number of nitrogens with one attached hydrogen (secondary N) is 2. The first kappa shape index (κ1) is 19.5. The second-order valence-electron chi connectivity index (χ2n) is 5.38. The Morgan fingerprint density at radius 3 is 2.54 bits per heavy atom. The van der Waals surface area contributed by atoms with Gasteiger partial charge in [-0.1, -0.05) is 18.2 Å². The highest BCUT2D eigenvalue weighted by molar-refractivity contribution is 7.89. The predicted octanol–water partition coefficient (Wildman–Crippen LogP) is 2.74. The van der Waals surface area contributed by atoms with E-state index in [2.05, 4.69) is 16.6 Å². The van der Waals surface area contributed by atoms with Crippen molar-refractivity contribution in [3.8, 4) is 0 Å². The SMILES string of the molecule is C=CCNS(=O)(=O)c1cc(C(=O)Nc2cccc(C(C)=O)c2)ccc1F. The van der Waals surface area contributed by atoms with Crippen LogP contribution in [-0.4, -0.2) is 26.7 Å². The van der Waals surface area contributed by atoms with Crippen LogP contribution < -0.4 is 10.0 Å². The summed E-state index contributed by atoms with van der Waals surface area (Å²) < 4.78 is 40.3. The Bertz CT molecular complexity index is 971. The van der Waals surface area contributed by atoms with Crippen molar-refractivity contribution in [2.75, 3.05) is 11.9 Å². The average Bonchev–Trinajstić information content (AvgIpc) is 2.60. The van der Waals surface area contributed by atoms with Gasteiger partial charge >= 0.3 is 0 Å². The van der Waals surface area contributed by atoms with Crippen LogP contribution >= 0.6 is 0 Å². The van der Waals surface area contributed by atoms with Crippen LogP contribution in [0.4, 0.5) is 10.1 Å². The molecule has 0 aliphatic rings. The molecule has 0 unspecified atom stereocenters. The first-order chi connectivity index (χ1) is 12.2. The second-order valence-corrected chi connectivity index (χ2v) is 7.11. The number of amides is 1. The van der Waals surface area contributed by atoms with E-state index in [4.69, 9.17) is 0 Å². The number of halogens is 1. The van der Waals surface area contributed by atoms with Crippen LogP contribution in [-0.2, 0) is 10.0 Å². The molecule has 2 aromatic carbocycles. The Morgan fingerprint density at radius 1 is 1.15 bits per heavy atom. The summed E-state index contributed by atoms with van der Waals surface area (Å²) in [6.07, 6.45) is 1.31. The predicted molar refractivity (Wildman–Crippen MR) is 96.2 cm³/mol. The molecule has 0 aliphatic heterocycles. The molecule has 2 aromatic rings. The maximum atomic E-state index is 13.9. The molecule has 0 aliphatic carbocycles. The van der Waals surface area contributed by atoms with Crippen LogP contribution in [0.5, 0.6) is 0 Å². The van der Waals surface area contributed by atoms with Gasteiger partial charge in [-0.2, -0.15) is 0 Å². The van der Waals surface area contributed by atoms with Gasteiger partial charge in [0.2, 0.25) is 10.0 Å². The number of rotatable bonds is 7. The van der Waals surface area contributed by atoms with E-state index in [0.717, 1.165) is 12.1 Å². The van der Waals surface area contributed by atoms with Crippen molar-refractivity contribution in [3.05, 3.63) is 72.1 Å². The number of carbonyl (C=O) groups excluding carboxylic acids is 2. The molecule has 0 fully saturated rings. The number of hydrogen-bond donors (Lipinski definition) is 2. The van der Waals surface area contributed by atoms with Crippen LogP contribution in [0.15, 0.2) is 60.0 Å². The van der Waals surface area contributed by atoms with Gasteiger partial charge in [0.25, 0.3) is 5.91 Å². The molecule has 2 N–H and O–H groups in total. The van der Waals surface area contributed by atoms with Gasteiger partial charge in [0.05, 0.1) is 0 Å². The number of carbonyl (C=O) groups is 2. The maximum absolute atomic E-state index is 13.9. The van der Waals surface area contributed by atoms with Crippen molar-refractivity contribution in [1.82, 2.24) is 4.72 Å². The minimum atomic E-state index is -4.12. The zero-order valence-corrected chi connectivity index (χ0v) is 14.8. The van der Waals surface area contributed by atoms with Crippen molar-refractivity contribution in [3.63, 3.8) is 0 Å². The van der Waals surface area contributed by atoms with E-state index in [1.165, 1.54) is 25.1 Å². The number of hydrogen-bond acceptors (Lipinski definition) is 4. The molecule has 0 spiro atoms. The minimum Gasteiger partial charge on any atom is -0.322 e. The van der Waals surface area contributed by atoms with E-state index in [1.807, 2.05) is 0 Å². The van der Waals surface area contributed by atoms with Gasteiger partial charge in [-0.05, 0) is 37.3 Å². The fraction of sp³-hybridized carbons (Fsp3) is 0.111. The highest BCUT2D eigenvalue weighted by Gasteiger charge is 2.20. The lowest BCUT2D eigenvalue weighted by atomic mass is 10.1. The van der Waals surface area contributed by atoms with Crippen molar-refractivity contribution >= 4 is 27.4 Å². The number of benzene rings is 2. The molecule has 0 aromatic heterocycles. The molecule has 26 heavy (non-hydrogen) atoms. The first-order valence-electron chi connectivity index (χ1n) is 7.57. The van der Waals surface area contributed by atoms with E-state index < -0.39 is 26.6 Å². The Labute approximate surface area is 150 Å². The van der Waals surface area contributed by atoms with Gasteiger partial charge < -0.3 is 5.32 Å². The van der Waals surface area contributed by atoms with Crippen LogP contribution in [0, 0.1) is 5.82 Å². The maximum Gasteiger partial charge on any atom is 0.255 e. The standard InChI is InChI=1S/C18H17FN2O4S/c1-3-9-20-26(24,25)17-11-14(7-8-16(17)19)18(23)21-15-6-4-5-13(10-15)12(2)22/h3-8,10-11,20H,1,9H2,2H3,(H,21,23). The molecule has 136 valence electrons. The monoisotopic (exact) mass is 376 g/mol. The third-order valence-corrected chi connectivity index (χ3v) is 4.87. The van der Waals surface area contributed by atoms with Gasteiger partial charge in [-0.3, -0.25) is 9.59 Å². The minimum absolute atomic E-state index is 0.0430. The molecule has 0 heterocycles. The van der Waals surface area contributed by atoms with E-state index >= 15 is 0 Å². The summed E-state index contributed by atoms with van der Waals surface area (Å²) in [6, 6.07) is 9.31. The molecule has 6 nitrogen and oxygen atoms in total. The Balaban J connectivity index is 2.30. The third-order valence-electron chi connectivity index (χ3n) is 3.43. The lowest BCUT2D eigenvalue weighted by molar-refractivity contribution is 0.101. The van der Waals surface area contributed by atoms with Crippen LogP contribution in [0.1, 0.15) is 27.6 Å². The number of sulfonamides is 1. The van der Waals surface area contributed by atoms with Gasteiger partial charge in [-0.15, -0.1) is 6.58 Å². The molecule has 0 radical (unpaired) electrons. The molecule has 2 rings (SSSR count). The molecular weight excluding hydrogens is 359 g/mol. The molecule has 0 saturated heterocycles. The third kappa shape index (κ3) is 4.62. The quantitative estimate of drug-likeness (QED) is 0.574. The smallest absolute Gasteiger partial charge is 0.255 e. The number of anilines is 1. The van der Waals surface area contributed by atoms with Crippen molar-refractivity contribution in [2.24, 2.45) is 0 Å². The lowest BCUT2D eigenvalue weighted by Gasteiger charge is -2.10. The molecule has 0 saturated carbocycles. The van der Waals surface area contributed by atoms with E-state index in [-0.39, 0.29) is 17.9 Å². The van der Waals surface area contributed by atoms with Crippen molar-refractivity contribution in [2.45, 2.75) is 11.8 Å². The first-order valence-corrected chi connectivity index (χ1v) is 9.05. The Hall–Kier alpha value is -2.84. The zero-order valence-electron chi connectivity index (χ0n) is 14.0. The Kier molecular flexibility index (Phi) is 6.01. The fourth-order valence-electron chi connectivity index (χ4n) is 2.12. The topological polar surface area (TPSA) is 92.3 Å². The molecule has 0 atom stereocenters. The highest BCUT2D eigenvalue weighted by Crippen LogP contribution is 2.18. The fourth-order valence-corrected chi connectivity index (χ4v) is 3.22. The molecule has 8 heteroatoms. The van der Waals surface area contributed by atoms with Crippen LogP contribution in [0.2, 0.25) is 0 Å². The average molecular weight is 376 g/mol. The Morgan fingerprint density at radius 2 is 1.88 bits per heavy atom. The largest absolute Gasteiger partial charge is 0.322 e. The summed E-state index contributed by atoms with van der Waals surface area (Å²) in [6.45, 7) is 4.71. The van der Waals surface area contributed by atoms with Gasteiger partial charge in [0.15, 0.2) is 5.78 Å². The van der Waals surface area contributed by atoms with E-state index in [0.29, 0.717) is 11.3 Å². The van der Waals surface area contributed by atoms with Gasteiger partial charge in [-0.25, -0.2) is 17.5 Å². The zero-order chi connectivity index (χ0) is 19.3. The number of ketones is 1. The molecule has 0 bridgehead atoms. The summed E-state index contributed by atoms with van der Waals surface area (Å²) in [4.78, 5) is 23.1.